The Morgan fingerprint density at radius 2 is 1.84 bits per heavy atom. The third-order valence-corrected chi connectivity index (χ3v) is 7.70. The van der Waals surface area contributed by atoms with Gasteiger partial charge in [0.15, 0.2) is 6.29 Å². The predicted octanol–water partition coefficient (Wildman–Crippen LogP) is 3.50. The normalized spacial score (nSPS) is 24.3. The summed E-state index contributed by atoms with van der Waals surface area (Å²) in [6.07, 6.45) is 9.53. The molecule has 1 N–H and O–H groups in total. The lowest BCUT2D eigenvalue weighted by molar-refractivity contribution is -0.140. The zero-order valence-electron chi connectivity index (χ0n) is 23.5. The first-order valence-corrected chi connectivity index (χ1v) is 14.0. The monoisotopic (exact) mass is 528 g/mol. The number of piperazine rings is 2. The van der Waals surface area contributed by atoms with E-state index in [0.717, 1.165) is 51.4 Å². The number of carbonyl (C=O) groups is 2. The largest absolute Gasteiger partial charge is 0.367 e. The van der Waals surface area contributed by atoms with Gasteiger partial charge in [-0.3, -0.25) is 14.6 Å². The van der Waals surface area contributed by atoms with E-state index in [1.54, 1.807) is 17.2 Å². The van der Waals surface area contributed by atoms with E-state index in [-0.39, 0.29) is 17.3 Å². The Morgan fingerprint density at radius 1 is 1.16 bits per heavy atom. The van der Waals surface area contributed by atoms with E-state index in [2.05, 4.69) is 41.1 Å². The van der Waals surface area contributed by atoms with Crippen LogP contribution in [0.4, 0.5) is 10.1 Å². The number of nitrogens with zero attached hydrogens (tertiary/aromatic N) is 5. The van der Waals surface area contributed by atoms with E-state index in [1.165, 1.54) is 38.0 Å². The average Bonchev–Trinajstić information content (AvgIpc) is 3.44. The molecule has 1 aromatic carbocycles. The minimum Gasteiger partial charge on any atom is -0.367 e. The first-order chi connectivity index (χ1) is 18.3. The van der Waals surface area contributed by atoms with Gasteiger partial charge in [-0.05, 0) is 52.3 Å². The number of hydrazone groups is 1. The predicted molar refractivity (Wildman–Crippen MR) is 152 cm³/mol. The van der Waals surface area contributed by atoms with Crippen LogP contribution in [-0.4, -0.2) is 97.7 Å². The lowest BCUT2D eigenvalue weighted by Gasteiger charge is -2.49. The van der Waals surface area contributed by atoms with Crippen LogP contribution >= 0.6 is 0 Å². The summed E-state index contributed by atoms with van der Waals surface area (Å²) in [6, 6.07) is 7.54. The van der Waals surface area contributed by atoms with Crippen molar-refractivity contribution in [3.05, 3.63) is 41.9 Å². The van der Waals surface area contributed by atoms with E-state index in [9.17, 15) is 14.0 Å². The number of hydrogen-bond donors (Lipinski definition) is 1. The van der Waals surface area contributed by atoms with Gasteiger partial charge in [0.25, 0.3) is 5.91 Å². The third kappa shape index (κ3) is 7.63. The van der Waals surface area contributed by atoms with E-state index >= 15 is 0 Å². The number of carbonyl (C=O) groups excluding carboxylic acids is 2. The number of nitrogens with one attached hydrogen (secondary N) is 1. The molecular formula is C29H45FN6O2. The van der Waals surface area contributed by atoms with Gasteiger partial charge in [0.1, 0.15) is 11.5 Å². The molecule has 3 fully saturated rings. The van der Waals surface area contributed by atoms with Crippen LogP contribution in [0.3, 0.4) is 0 Å². The quantitative estimate of drug-likeness (QED) is 0.316. The van der Waals surface area contributed by atoms with Crippen molar-refractivity contribution in [2.75, 3.05) is 57.8 Å². The molecule has 2 heterocycles. The van der Waals surface area contributed by atoms with Gasteiger partial charge in [-0.15, -0.1) is 0 Å². The summed E-state index contributed by atoms with van der Waals surface area (Å²) in [5.41, 5.74) is 0.933. The van der Waals surface area contributed by atoms with Crippen LogP contribution in [0.2, 0.25) is 0 Å². The van der Waals surface area contributed by atoms with Crippen molar-refractivity contribution < 1.29 is 14.0 Å². The summed E-state index contributed by atoms with van der Waals surface area (Å²) < 4.78 is 13.4. The maximum Gasteiger partial charge on any atom is 0.272 e. The Morgan fingerprint density at radius 3 is 2.45 bits per heavy atom. The van der Waals surface area contributed by atoms with E-state index in [1.807, 2.05) is 24.0 Å². The molecule has 210 valence electrons. The van der Waals surface area contributed by atoms with Crippen LogP contribution in [0.5, 0.6) is 0 Å². The number of halogens is 1. The smallest absolute Gasteiger partial charge is 0.272 e. The molecule has 9 heteroatoms. The van der Waals surface area contributed by atoms with Crippen LogP contribution < -0.4 is 10.2 Å². The van der Waals surface area contributed by atoms with E-state index < -0.39 is 0 Å². The van der Waals surface area contributed by atoms with Gasteiger partial charge in [-0.25, -0.2) is 4.39 Å². The summed E-state index contributed by atoms with van der Waals surface area (Å²) >= 11 is 0. The number of amides is 1. The number of benzene rings is 1. The van der Waals surface area contributed by atoms with Crippen LogP contribution in [0.1, 0.15) is 52.9 Å². The molecular weight excluding hydrogens is 483 g/mol. The molecule has 38 heavy (non-hydrogen) atoms. The van der Waals surface area contributed by atoms with Crippen LogP contribution in [0, 0.1) is 5.82 Å². The number of allylic oxidation sites excluding steroid dienone is 1. The van der Waals surface area contributed by atoms with E-state index in [4.69, 9.17) is 0 Å². The molecule has 0 bridgehead atoms. The summed E-state index contributed by atoms with van der Waals surface area (Å²) in [4.78, 5) is 29.9. The Balaban J connectivity index is 0.000000241. The van der Waals surface area contributed by atoms with Gasteiger partial charge in [0, 0.05) is 45.3 Å². The standard InChI is InChI=1S/C18H30N4O2.C11H15FN2/c1-4-11-21-17(24)16(5-2)22(20-10-12-23)14-18(21,3)13-19-15-8-6-7-9-15;1-13-6-8-14(9-7-13)11-5-3-2-4-10(11)12/h5,10,12,15,19H,4,6-9,11,13-14H2,1-3H3;2-5H,6-9H2,1H3/b16-5-,20-10+;. The second kappa shape index (κ2) is 14.4. The summed E-state index contributed by atoms with van der Waals surface area (Å²) in [5.74, 6) is -0.124. The van der Waals surface area contributed by atoms with E-state index in [0.29, 0.717) is 24.6 Å². The van der Waals surface area contributed by atoms with Crippen molar-refractivity contribution in [3.63, 3.8) is 0 Å². The molecule has 1 amide bonds. The second-order valence-electron chi connectivity index (χ2n) is 10.7. The minimum absolute atomic E-state index is 0.00984. The topological polar surface area (TPSA) is 71.5 Å². The highest BCUT2D eigenvalue weighted by Gasteiger charge is 2.44. The van der Waals surface area contributed by atoms with Crippen molar-refractivity contribution in [1.29, 1.82) is 0 Å². The molecule has 0 radical (unpaired) electrons. The molecule has 1 aliphatic carbocycles. The molecule has 3 aliphatic rings. The van der Waals surface area contributed by atoms with Crippen molar-refractivity contribution in [2.45, 2.75) is 64.5 Å². The number of anilines is 1. The molecule has 2 saturated heterocycles. The third-order valence-electron chi connectivity index (χ3n) is 7.70. The number of aldehydes is 1. The van der Waals surface area contributed by atoms with Crippen molar-refractivity contribution in [1.82, 2.24) is 20.1 Å². The zero-order valence-corrected chi connectivity index (χ0v) is 23.5. The first kappa shape index (κ1) is 29.8. The van der Waals surface area contributed by atoms with Crippen LogP contribution in [-0.2, 0) is 9.59 Å². The first-order valence-electron chi connectivity index (χ1n) is 14.0. The van der Waals surface area contributed by atoms with Crippen LogP contribution in [0.15, 0.2) is 41.1 Å². The van der Waals surface area contributed by atoms with Gasteiger partial charge in [-0.1, -0.05) is 38.0 Å². The van der Waals surface area contributed by atoms with Gasteiger partial charge < -0.3 is 20.0 Å². The Kier molecular flexibility index (Phi) is 11.3. The Bertz CT molecular complexity index is 972. The average molecular weight is 529 g/mol. The maximum atomic E-state index is 13.4. The van der Waals surface area contributed by atoms with Crippen molar-refractivity contribution >= 4 is 24.1 Å². The maximum absolute atomic E-state index is 13.4. The molecule has 8 nitrogen and oxygen atoms in total. The fraction of sp³-hybridized carbons (Fsp3) is 0.621. The highest BCUT2D eigenvalue weighted by Crippen LogP contribution is 2.29. The lowest BCUT2D eigenvalue weighted by atomic mass is 9.94. The summed E-state index contributed by atoms with van der Waals surface area (Å²) in [7, 11) is 2.10. The Hall–Kier alpha value is -2.78. The zero-order chi connectivity index (χ0) is 27.5. The molecule has 1 saturated carbocycles. The molecule has 1 unspecified atom stereocenters. The van der Waals surface area contributed by atoms with Gasteiger partial charge in [0.05, 0.1) is 24.0 Å². The number of likely N-dealkylation sites (N-methyl/N-ethyl adjacent to an activating group) is 1. The molecule has 4 rings (SSSR count). The fourth-order valence-electron chi connectivity index (χ4n) is 5.47. The van der Waals surface area contributed by atoms with Gasteiger partial charge >= 0.3 is 0 Å². The molecule has 0 aromatic heterocycles. The van der Waals surface area contributed by atoms with Crippen LogP contribution in [0.25, 0.3) is 0 Å². The van der Waals surface area contributed by atoms with Crippen molar-refractivity contribution in [3.8, 4) is 0 Å². The van der Waals surface area contributed by atoms with Gasteiger partial charge in [-0.2, -0.15) is 5.10 Å². The molecule has 2 aliphatic heterocycles. The molecule has 0 spiro atoms. The fourth-order valence-corrected chi connectivity index (χ4v) is 5.47. The molecule has 1 atom stereocenters. The lowest BCUT2D eigenvalue weighted by Crippen LogP contribution is -2.65. The SMILES string of the molecule is C/C=C1/C(=O)N(CCC)C(C)(CNC2CCCC2)CN1/N=C/C=O.CN1CCN(c2ccccc2F)CC1. The van der Waals surface area contributed by atoms with Crippen molar-refractivity contribution in [2.24, 2.45) is 5.10 Å². The molecule has 1 aromatic rings. The number of para-hydroxylation sites is 1. The highest BCUT2D eigenvalue weighted by atomic mass is 19.1. The highest BCUT2D eigenvalue weighted by molar-refractivity contribution is 6.12. The second-order valence-corrected chi connectivity index (χ2v) is 10.7. The number of rotatable bonds is 8. The minimum atomic E-state index is -0.345. The van der Waals surface area contributed by atoms with Gasteiger partial charge in [0.2, 0.25) is 0 Å². The summed E-state index contributed by atoms with van der Waals surface area (Å²) in [6.45, 7) is 11.9. The number of hydrogen-bond acceptors (Lipinski definition) is 7. The Labute approximate surface area is 227 Å². The summed E-state index contributed by atoms with van der Waals surface area (Å²) in [5, 5.41) is 9.49.